The van der Waals surface area contributed by atoms with Gasteiger partial charge in [0.1, 0.15) is 11.6 Å². The van der Waals surface area contributed by atoms with Crippen LogP contribution in [0.2, 0.25) is 0 Å². The van der Waals surface area contributed by atoms with Gasteiger partial charge in [-0.05, 0) is 36.1 Å². The molecule has 0 radical (unpaired) electrons. The molecule has 0 unspecified atom stereocenters. The van der Waals surface area contributed by atoms with Crippen LogP contribution in [0.3, 0.4) is 0 Å². The smallest absolute Gasteiger partial charge is 0.416 e. The monoisotopic (exact) mass is 581 g/mol. The number of benzene rings is 3. The van der Waals surface area contributed by atoms with Crippen molar-refractivity contribution in [2.45, 2.75) is 49.7 Å². The van der Waals surface area contributed by atoms with Crippen molar-refractivity contribution < 1.29 is 35.8 Å². The highest BCUT2D eigenvalue weighted by Crippen LogP contribution is 2.31. The first-order chi connectivity index (χ1) is 18.7. The van der Waals surface area contributed by atoms with Crippen molar-refractivity contribution in [3.63, 3.8) is 0 Å². The SMILES string of the molecule is CC(C)(CN(CCCOc1cc(F)c(CCO)c(S(C)(=O)=O)c1)Cc1cccc(C(F)(F)F)c1)c1ccccc1. The van der Waals surface area contributed by atoms with Crippen molar-refractivity contribution in [3.05, 3.63) is 94.8 Å². The van der Waals surface area contributed by atoms with E-state index in [1.807, 2.05) is 30.3 Å². The molecule has 0 atom stereocenters. The van der Waals surface area contributed by atoms with E-state index in [0.717, 1.165) is 30.0 Å². The zero-order valence-electron chi connectivity index (χ0n) is 22.8. The number of aliphatic hydroxyl groups excluding tert-OH is 1. The molecule has 0 spiro atoms. The minimum atomic E-state index is -4.44. The van der Waals surface area contributed by atoms with Gasteiger partial charge in [-0.3, -0.25) is 4.90 Å². The number of rotatable bonds is 13. The number of aliphatic hydroxyl groups is 1. The first kappa shape index (κ1) is 31.6. The van der Waals surface area contributed by atoms with Crippen molar-refractivity contribution in [1.82, 2.24) is 4.90 Å². The van der Waals surface area contributed by atoms with Crippen LogP contribution in [-0.4, -0.2) is 51.0 Å². The molecule has 0 aliphatic carbocycles. The molecular formula is C30H35F4NO4S. The summed E-state index contributed by atoms with van der Waals surface area (Å²) in [6.45, 7) is 5.17. The molecular weight excluding hydrogens is 546 g/mol. The molecule has 5 nitrogen and oxygen atoms in total. The zero-order chi connectivity index (χ0) is 29.6. The maximum absolute atomic E-state index is 14.6. The van der Waals surface area contributed by atoms with Crippen molar-refractivity contribution in [2.24, 2.45) is 0 Å². The van der Waals surface area contributed by atoms with Crippen LogP contribution in [0.1, 0.15) is 42.5 Å². The third kappa shape index (κ3) is 8.78. The second kappa shape index (κ2) is 13.1. The van der Waals surface area contributed by atoms with E-state index in [9.17, 15) is 31.1 Å². The lowest BCUT2D eigenvalue weighted by Crippen LogP contribution is -2.37. The van der Waals surface area contributed by atoms with E-state index in [0.29, 0.717) is 25.1 Å². The Morgan fingerprint density at radius 3 is 2.25 bits per heavy atom. The Kier molecular flexibility index (Phi) is 10.4. The van der Waals surface area contributed by atoms with Crippen molar-refractivity contribution in [2.75, 3.05) is 32.6 Å². The topological polar surface area (TPSA) is 66.8 Å². The molecule has 0 bridgehead atoms. The fourth-order valence-corrected chi connectivity index (χ4v) is 5.67. The molecule has 0 aliphatic rings. The Morgan fingerprint density at radius 1 is 0.950 bits per heavy atom. The molecule has 0 aliphatic heterocycles. The third-order valence-corrected chi connectivity index (χ3v) is 7.77. The fourth-order valence-electron chi connectivity index (χ4n) is 4.69. The fraction of sp³-hybridized carbons (Fsp3) is 0.400. The summed E-state index contributed by atoms with van der Waals surface area (Å²) in [5.41, 5.74) is 0.516. The summed E-state index contributed by atoms with van der Waals surface area (Å²) in [5, 5.41) is 9.19. The summed E-state index contributed by atoms with van der Waals surface area (Å²) >= 11 is 0. The van der Waals surface area contributed by atoms with Gasteiger partial charge in [-0.1, -0.05) is 62.4 Å². The average molecular weight is 582 g/mol. The van der Waals surface area contributed by atoms with E-state index in [4.69, 9.17) is 4.74 Å². The molecule has 0 amide bonds. The average Bonchev–Trinajstić information content (AvgIpc) is 2.87. The van der Waals surface area contributed by atoms with Crippen LogP contribution < -0.4 is 4.74 Å². The maximum Gasteiger partial charge on any atom is 0.416 e. The minimum absolute atomic E-state index is 0.0497. The van der Waals surface area contributed by atoms with Gasteiger partial charge in [0.05, 0.1) is 17.1 Å². The first-order valence-electron chi connectivity index (χ1n) is 12.9. The quantitative estimate of drug-likeness (QED) is 0.197. The summed E-state index contributed by atoms with van der Waals surface area (Å²) in [6, 6.07) is 17.4. The van der Waals surface area contributed by atoms with Crippen LogP contribution in [0, 0.1) is 5.82 Å². The van der Waals surface area contributed by atoms with Gasteiger partial charge in [0.2, 0.25) is 0 Å². The predicted molar refractivity (Wildman–Crippen MR) is 147 cm³/mol. The number of alkyl halides is 3. The summed E-state index contributed by atoms with van der Waals surface area (Å²) in [4.78, 5) is 1.82. The molecule has 40 heavy (non-hydrogen) atoms. The lowest BCUT2D eigenvalue weighted by atomic mass is 9.84. The number of hydrogen-bond donors (Lipinski definition) is 1. The molecule has 0 fully saturated rings. The molecule has 0 aromatic heterocycles. The van der Waals surface area contributed by atoms with Crippen molar-refractivity contribution >= 4 is 9.84 Å². The summed E-state index contributed by atoms with van der Waals surface area (Å²) in [6.07, 6.45) is -3.16. The highest BCUT2D eigenvalue weighted by molar-refractivity contribution is 7.90. The van der Waals surface area contributed by atoms with Gasteiger partial charge in [0, 0.05) is 49.5 Å². The number of hydrogen-bond acceptors (Lipinski definition) is 5. The zero-order valence-corrected chi connectivity index (χ0v) is 23.7. The number of sulfone groups is 1. The largest absolute Gasteiger partial charge is 0.493 e. The van der Waals surface area contributed by atoms with E-state index >= 15 is 0 Å². The lowest BCUT2D eigenvalue weighted by Gasteiger charge is -2.33. The minimum Gasteiger partial charge on any atom is -0.493 e. The number of nitrogens with zero attached hydrogens (tertiary/aromatic N) is 1. The summed E-state index contributed by atoms with van der Waals surface area (Å²) in [5.74, 6) is -0.726. The van der Waals surface area contributed by atoms with E-state index in [2.05, 4.69) is 18.7 Å². The molecule has 3 rings (SSSR count). The van der Waals surface area contributed by atoms with Crippen LogP contribution in [-0.2, 0) is 34.4 Å². The van der Waals surface area contributed by atoms with E-state index in [-0.39, 0.29) is 41.2 Å². The van der Waals surface area contributed by atoms with Crippen LogP contribution in [0.25, 0.3) is 0 Å². The van der Waals surface area contributed by atoms with Gasteiger partial charge >= 0.3 is 6.18 Å². The van der Waals surface area contributed by atoms with Gasteiger partial charge in [-0.15, -0.1) is 0 Å². The normalized spacial score (nSPS) is 12.6. The van der Waals surface area contributed by atoms with Gasteiger partial charge in [0.25, 0.3) is 0 Å². The third-order valence-electron chi connectivity index (χ3n) is 6.61. The second-order valence-corrected chi connectivity index (χ2v) is 12.5. The van der Waals surface area contributed by atoms with Crippen LogP contribution in [0.5, 0.6) is 5.75 Å². The molecule has 0 saturated heterocycles. The molecule has 3 aromatic rings. The standard InChI is InChI=1S/C30H35F4NO4S/c1-29(2,23-10-5-4-6-11-23)21-35(20-22-9-7-12-24(17-22)30(32,33)34)14-8-16-39-25-18-27(31)26(13-15-36)28(19-25)40(3,37)38/h4-7,9-12,17-19,36H,8,13-16,20-21H2,1-3H3. The van der Waals surface area contributed by atoms with Gasteiger partial charge in [-0.2, -0.15) is 13.2 Å². The Balaban J connectivity index is 1.76. The predicted octanol–water partition coefficient (Wildman–Crippen LogP) is 6.03. The van der Waals surface area contributed by atoms with Gasteiger partial charge < -0.3 is 9.84 Å². The molecule has 10 heteroatoms. The van der Waals surface area contributed by atoms with Gasteiger partial charge in [-0.25, -0.2) is 12.8 Å². The second-order valence-electron chi connectivity index (χ2n) is 10.5. The van der Waals surface area contributed by atoms with E-state index in [1.165, 1.54) is 12.1 Å². The van der Waals surface area contributed by atoms with Crippen LogP contribution >= 0.6 is 0 Å². The summed E-state index contributed by atoms with van der Waals surface area (Å²) in [7, 11) is -3.76. The molecule has 218 valence electrons. The Labute approximate surface area is 233 Å². The van der Waals surface area contributed by atoms with E-state index in [1.54, 1.807) is 6.07 Å². The number of ether oxygens (including phenoxy) is 1. The lowest BCUT2D eigenvalue weighted by molar-refractivity contribution is -0.137. The highest BCUT2D eigenvalue weighted by atomic mass is 32.2. The first-order valence-corrected chi connectivity index (χ1v) is 14.8. The van der Waals surface area contributed by atoms with Crippen molar-refractivity contribution in [1.29, 1.82) is 0 Å². The molecule has 1 N–H and O–H groups in total. The van der Waals surface area contributed by atoms with Crippen LogP contribution in [0.4, 0.5) is 17.6 Å². The molecule has 3 aromatic carbocycles. The van der Waals surface area contributed by atoms with E-state index < -0.39 is 34.0 Å². The Bertz CT molecular complexity index is 1380. The summed E-state index contributed by atoms with van der Waals surface area (Å²) < 4.78 is 84.6. The van der Waals surface area contributed by atoms with Gasteiger partial charge in [0.15, 0.2) is 9.84 Å². The Morgan fingerprint density at radius 2 is 1.62 bits per heavy atom. The number of halogens is 4. The maximum atomic E-state index is 14.6. The highest BCUT2D eigenvalue weighted by Gasteiger charge is 2.31. The van der Waals surface area contributed by atoms with Crippen molar-refractivity contribution in [3.8, 4) is 5.75 Å². The Hall–Kier alpha value is -2.95. The molecule has 0 heterocycles. The molecule has 0 saturated carbocycles. The van der Waals surface area contributed by atoms with Crippen LogP contribution in [0.15, 0.2) is 71.6 Å².